The van der Waals surface area contributed by atoms with Gasteiger partial charge in [0.15, 0.2) is 11.5 Å². The summed E-state index contributed by atoms with van der Waals surface area (Å²) >= 11 is 0. The second-order valence-corrected chi connectivity index (χ2v) is 6.18. The van der Waals surface area contributed by atoms with Gasteiger partial charge in [0.25, 0.3) is 0 Å². The Bertz CT molecular complexity index is 527. The molecule has 1 aromatic carbocycles. The third kappa shape index (κ3) is 4.85. The van der Waals surface area contributed by atoms with Crippen molar-refractivity contribution < 1.29 is 19.0 Å². The second-order valence-electron chi connectivity index (χ2n) is 6.18. The molecule has 134 valence electrons. The number of hydrogen-bond acceptors (Lipinski definition) is 5. The van der Waals surface area contributed by atoms with Crippen LogP contribution in [0.25, 0.3) is 0 Å². The van der Waals surface area contributed by atoms with Crippen molar-refractivity contribution in [1.82, 2.24) is 10.2 Å². The van der Waals surface area contributed by atoms with Crippen LogP contribution >= 0.6 is 0 Å². The molecule has 24 heavy (non-hydrogen) atoms. The number of benzene rings is 1. The van der Waals surface area contributed by atoms with E-state index >= 15 is 0 Å². The van der Waals surface area contributed by atoms with Crippen LogP contribution in [0.4, 0.5) is 0 Å². The quantitative estimate of drug-likeness (QED) is 0.812. The average molecular weight is 336 g/mol. The molecule has 1 aliphatic rings. The number of fused-ring (bicyclic) bond motifs is 1. The fraction of sp³-hybridized carbons (Fsp3) is 0.611. The normalized spacial score (nSPS) is 16.0. The van der Waals surface area contributed by atoms with Crippen LogP contribution in [0, 0.1) is 0 Å². The van der Waals surface area contributed by atoms with E-state index < -0.39 is 0 Å². The summed E-state index contributed by atoms with van der Waals surface area (Å²) in [4.78, 5) is 14.3. The lowest BCUT2D eigenvalue weighted by atomic mass is 10.0. The standard InChI is InChI=1S/C18H28N2O4/c1-13(12-22-2)19-18(21)11-20-7-5-14-9-16(23-3)17(24-4)10-15(14)6-8-20/h9-10,13H,5-8,11-12H2,1-4H3,(H,19,21)/t13-/m1/s1. The van der Waals surface area contributed by atoms with Gasteiger partial charge in [0.2, 0.25) is 5.91 Å². The van der Waals surface area contributed by atoms with Gasteiger partial charge in [-0.2, -0.15) is 0 Å². The zero-order chi connectivity index (χ0) is 17.5. The minimum atomic E-state index is 0.0280. The largest absolute Gasteiger partial charge is 0.493 e. The zero-order valence-electron chi connectivity index (χ0n) is 15.1. The molecule has 2 rings (SSSR count). The summed E-state index contributed by atoms with van der Waals surface area (Å²) in [6.45, 7) is 4.59. The third-order valence-electron chi connectivity index (χ3n) is 4.29. The van der Waals surface area contributed by atoms with Crippen LogP contribution in [0.2, 0.25) is 0 Å². The van der Waals surface area contributed by atoms with Crippen molar-refractivity contribution in [2.24, 2.45) is 0 Å². The maximum Gasteiger partial charge on any atom is 0.234 e. The molecule has 1 amide bonds. The highest BCUT2D eigenvalue weighted by Gasteiger charge is 2.19. The molecule has 6 nitrogen and oxygen atoms in total. The van der Waals surface area contributed by atoms with Crippen molar-refractivity contribution >= 4 is 5.91 Å². The van der Waals surface area contributed by atoms with Gasteiger partial charge >= 0.3 is 0 Å². The Morgan fingerprint density at radius 1 is 1.12 bits per heavy atom. The van der Waals surface area contributed by atoms with Gasteiger partial charge in [0.1, 0.15) is 0 Å². The number of nitrogens with zero attached hydrogens (tertiary/aromatic N) is 1. The Morgan fingerprint density at radius 2 is 1.67 bits per heavy atom. The third-order valence-corrected chi connectivity index (χ3v) is 4.29. The van der Waals surface area contributed by atoms with E-state index in [-0.39, 0.29) is 11.9 Å². The lowest BCUT2D eigenvalue weighted by Gasteiger charge is -2.20. The first-order chi connectivity index (χ1) is 11.6. The number of ether oxygens (including phenoxy) is 3. The Morgan fingerprint density at radius 3 is 2.12 bits per heavy atom. The monoisotopic (exact) mass is 336 g/mol. The molecule has 0 radical (unpaired) electrons. The van der Waals surface area contributed by atoms with Gasteiger partial charge in [-0.3, -0.25) is 9.69 Å². The molecule has 0 saturated heterocycles. The summed E-state index contributed by atoms with van der Waals surface area (Å²) < 4.78 is 15.8. The highest BCUT2D eigenvalue weighted by Crippen LogP contribution is 2.32. The average Bonchev–Trinajstić information content (AvgIpc) is 2.75. The first-order valence-corrected chi connectivity index (χ1v) is 8.31. The number of carbonyl (C=O) groups excluding carboxylic acids is 1. The molecule has 0 aromatic heterocycles. The number of rotatable bonds is 7. The van der Waals surface area contributed by atoms with E-state index in [1.807, 2.05) is 6.92 Å². The lowest BCUT2D eigenvalue weighted by molar-refractivity contribution is -0.123. The SMILES string of the molecule is COC[C@@H](C)NC(=O)CN1CCc2cc(OC)c(OC)cc2CC1. The van der Waals surface area contributed by atoms with Crippen LogP contribution in [0.1, 0.15) is 18.1 Å². The van der Waals surface area contributed by atoms with E-state index in [1.165, 1.54) is 11.1 Å². The smallest absolute Gasteiger partial charge is 0.234 e. The predicted octanol–water partition coefficient (Wildman–Crippen LogP) is 1.26. The molecule has 1 aromatic rings. The number of carbonyl (C=O) groups is 1. The highest BCUT2D eigenvalue weighted by atomic mass is 16.5. The van der Waals surface area contributed by atoms with Crippen molar-refractivity contribution in [1.29, 1.82) is 0 Å². The molecule has 0 saturated carbocycles. The van der Waals surface area contributed by atoms with Crippen LogP contribution in [0.5, 0.6) is 11.5 Å². The molecule has 1 N–H and O–H groups in total. The molecule has 1 heterocycles. The van der Waals surface area contributed by atoms with Crippen molar-refractivity contribution in [2.45, 2.75) is 25.8 Å². The van der Waals surface area contributed by atoms with E-state index in [0.29, 0.717) is 13.2 Å². The van der Waals surface area contributed by atoms with E-state index in [4.69, 9.17) is 14.2 Å². The molecule has 0 fully saturated rings. The highest BCUT2D eigenvalue weighted by molar-refractivity contribution is 5.78. The molecule has 1 aliphatic heterocycles. The van der Waals surface area contributed by atoms with Crippen LogP contribution in [0.15, 0.2) is 12.1 Å². The van der Waals surface area contributed by atoms with Gasteiger partial charge < -0.3 is 19.5 Å². The molecular formula is C18H28N2O4. The van der Waals surface area contributed by atoms with Gasteiger partial charge in [-0.25, -0.2) is 0 Å². The maximum absolute atomic E-state index is 12.1. The summed E-state index contributed by atoms with van der Waals surface area (Å²) in [6.07, 6.45) is 1.80. The van der Waals surface area contributed by atoms with E-state index in [9.17, 15) is 4.79 Å². The van der Waals surface area contributed by atoms with Crippen molar-refractivity contribution in [3.05, 3.63) is 23.3 Å². The van der Waals surface area contributed by atoms with Crippen LogP contribution in [-0.4, -0.2) is 64.4 Å². The van der Waals surface area contributed by atoms with E-state index in [1.54, 1.807) is 21.3 Å². The van der Waals surface area contributed by atoms with Gasteiger partial charge in [-0.05, 0) is 43.0 Å². The molecule has 0 unspecified atom stereocenters. The summed E-state index contributed by atoms with van der Waals surface area (Å²) in [5.41, 5.74) is 2.53. The minimum absolute atomic E-state index is 0.0280. The van der Waals surface area contributed by atoms with Crippen molar-refractivity contribution in [3.63, 3.8) is 0 Å². The van der Waals surface area contributed by atoms with Crippen molar-refractivity contribution in [2.75, 3.05) is 47.6 Å². The number of hydrogen-bond donors (Lipinski definition) is 1. The van der Waals surface area contributed by atoms with Crippen molar-refractivity contribution in [3.8, 4) is 11.5 Å². The zero-order valence-corrected chi connectivity index (χ0v) is 15.1. The maximum atomic E-state index is 12.1. The van der Waals surface area contributed by atoms with Gasteiger partial charge in [0.05, 0.1) is 27.4 Å². The molecule has 1 atom stereocenters. The molecule has 0 bridgehead atoms. The summed E-state index contributed by atoms with van der Waals surface area (Å²) in [5, 5.41) is 2.96. The van der Waals surface area contributed by atoms with Crippen LogP contribution in [0.3, 0.4) is 0 Å². The minimum Gasteiger partial charge on any atom is -0.493 e. The topological polar surface area (TPSA) is 60.0 Å². The predicted molar refractivity (Wildman–Crippen MR) is 92.9 cm³/mol. The molecule has 0 aliphatic carbocycles. The Labute approximate surface area is 144 Å². The Hall–Kier alpha value is -1.79. The first kappa shape index (κ1) is 18.5. The molecule has 6 heteroatoms. The van der Waals surface area contributed by atoms with E-state index in [0.717, 1.165) is 37.4 Å². The Kier molecular flexibility index (Phi) is 6.87. The summed E-state index contributed by atoms with van der Waals surface area (Å²) in [6, 6.07) is 4.14. The van der Waals surface area contributed by atoms with Crippen LogP contribution in [-0.2, 0) is 22.4 Å². The van der Waals surface area contributed by atoms with Gasteiger partial charge in [-0.1, -0.05) is 0 Å². The summed E-state index contributed by atoms with van der Waals surface area (Å²) in [5.74, 6) is 1.56. The second kappa shape index (κ2) is 8.89. The first-order valence-electron chi connectivity index (χ1n) is 8.31. The van der Waals surface area contributed by atoms with Crippen LogP contribution < -0.4 is 14.8 Å². The van der Waals surface area contributed by atoms with E-state index in [2.05, 4.69) is 22.3 Å². The van der Waals surface area contributed by atoms with Gasteiger partial charge in [-0.15, -0.1) is 0 Å². The summed E-state index contributed by atoms with van der Waals surface area (Å²) in [7, 11) is 4.94. The molecule has 0 spiro atoms. The number of methoxy groups -OCH3 is 3. The van der Waals surface area contributed by atoms with Gasteiger partial charge in [0, 0.05) is 26.2 Å². The fourth-order valence-corrected chi connectivity index (χ4v) is 3.07. The fourth-order valence-electron chi connectivity index (χ4n) is 3.07. The number of amides is 1. The number of nitrogens with one attached hydrogen (secondary N) is 1. The molecular weight excluding hydrogens is 308 g/mol. The Balaban J connectivity index is 1.96. The lowest BCUT2D eigenvalue weighted by Crippen LogP contribution is -2.43.